The zero-order valence-electron chi connectivity index (χ0n) is 10.6. The van der Waals surface area contributed by atoms with E-state index in [0.717, 1.165) is 0 Å². The van der Waals surface area contributed by atoms with Crippen LogP contribution in [0.1, 0.15) is 10.5 Å². The van der Waals surface area contributed by atoms with E-state index < -0.39 is 18.1 Å². The van der Waals surface area contributed by atoms with Crippen molar-refractivity contribution in [1.29, 1.82) is 0 Å². The van der Waals surface area contributed by atoms with Crippen LogP contribution in [0.15, 0.2) is 28.9 Å². The summed E-state index contributed by atoms with van der Waals surface area (Å²) >= 11 is 3.21. The molecule has 4 N–H and O–H groups in total. The van der Waals surface area contributed by atoms with E-state index in [0.29, 0.717) is 10.3 Å². The van der Waals surface area contributed by atoms with Gasteiger partial charge in [-0.05, 0) is 34.1 Å². The molecule has 0 aromatic carbocycles. The molecule has 1 aliphatic carbocycles. The van der Waals surface area contributed by atoms with E-state index >= 15 is 0 Å². The molecule has 2 atom stereocenters. The Morgan fingerprint density at radius 1 is 1.30 bits per heavy atom. The molecule has 0 saturated carbocycles. The SMILES string of the molecule is CNC(=O)N[C@@H]1C(=O)C=C[C@H]1NC(=O)c1ccc(Br)[nH]1. The lowest BCUT2D eigenvalue weighted by Gasteiger charge is -2.20. The van der Waals surface area contributed by atoms with Gasteiger partial charge in [-0.3, -0.25) is 9.59 Å². The molecule has 0 bridgehead atoms. The van der Waals surface area contributed by atoms with Gasteiger partial charge in [-0.1, -0.05) is 6.08 Å². The average molecular weight is 341 g/mol. The van der Waals surface area contributed by atoms with Crippen LogP contribution in [-0.2, 0) is 4.79 Å². The van der Waals surface area contributed by atoms with Gasteiger partial charge in [-0.25, -0.2) is 4.79 Å². The number of aromatic nitrogens is 1. The van der Waals surface area contributed by atoms with E-state index in [2.05, 4.69) is 36.9 Å². The molecule has 1 heterocycles. The maximum absolute atomic E-state index is 12.0. The van der Waals surface area contributed by atoms with E-state index in [-0.39, 0.29) is 11.7 Å². The molecule has 0 unspecified atom stereocenters. The number of amides is 3. The lowest BCUT2D eigenvalue weighted by atomic mass is 10.1. The zero-order chi connectivity index (χ0) is 14.7. The summed E-state index contributed by atoms with van der Waals surface area (Å²) in [6.45, 7) is 0. The predicted octanol–water partition coefficient (Wildman–Crippen LogP) is 0.312. The number of urea groups is 1. The number of carbonyl (C=O) groups is 3. The molecule has 20 heavy (non-hydrogen) atoms. The molecule has 3 amide bonds. The minimum absolute atomic E-state index is 0.258. The number of carbonyl (C=O) groups excluding carboxylic acids is 3. The van der Waals surface area contributed by atoms with Crippen molar-refractivity contribution in [2.24, 2.45) is 0 Å². The van der Waals surface area contributed by atoms with Gasteiger partial charge in [0.15, 0.2) is 5.78 Å². The van der Waals surface area contributed by atoms with Crippen molar-refractivity contribution in [2.75, 3.05) is 7.05 Å². The number of ketones is 1. The number of aromatic amines is 1. The molecule has 0 saturated heterocycles. The van der Waals surface area contributed by atoms with Crippen LogP contribution in [0, 0.1) is 0 Å². The molecule has 1 aromatic rings. The summed E-state index contributed by atoms with van der Waals surface area (Å²) in [5.41, 5.74) is 0.364. The molecular formula is C12H13BrN4O3. The third-order valence-corrected chi connectivity index (χ3v) is 3.30. The number of hydrogen-bond donors (Lipinski definition) is 4. The van der Waals surface area contributed by atoms with Gasteiger partial charge >= 0.3 is 6.03 Å². The zero-order valence-corrected chi connectivity index (χ0v) is 12.2. The van der Waals surface area contributed by atoms with Crippen LogP contribution in [-0.4, -0.2) is 41.8 Å². The molecule has 2 rings (SSSR count). The van der Waals surface area contributed by atoms with Gasteiger partial charge in [-0.15, -0.1) is 0 Å². The van der Waals surface area contributed by atoms with Crippen molar-refractivity contribution >= 4 is 33.7 Å². The highest BCUT2D eigenvalue weighted by atomic mass is 79.9. The third-order valence-electron chi connectivity index (χ3n) is 2.84. The summed E-state index contributed by atoms with van der Waals surface area (Å²) in [6, 6.07) is 1.46. The number of H-pyrrole nitrogens is 1. The van der Waals surface area contributed by atoms with Gasteiger partial charge in [0.25, 0.3) is 5.91 Å². The fourth-order valence-electron chi connectivity index (χ4n) is 1.83. The second kappa shape index (κ2) is 5.91. The lowest BCUT2D eigenvalue weighted by molar-refractivity contribution is -0.115. The first-order valence-corrected chi connectivity index (χ1v) is 6.66. The summed E-state index contributed by atoms with van der Waals surface area (Å²) in [4.78, 5) is 37.8. The molecule has 1 aromatic heterocycles. The topological polar surface area (TPSA) is 103 Å². The smallest absolute Gasteiger partial charge is 0.315 e. The fraction of sp³-hybridized carbons (Fsp3) is 0.250. The molecule has 0 aliphatic heterocycles. The van der Waals surface area contributed by atoms with Crippen molar-refractivity contribution in [3.63, 3.8) is 0 Å². The van der Waals surface area contributed by atoms with Crippen LogP contribution < -0.4 is 16.0 Å². The Bertz CT molecular complexity index is 581. The molecule has 0 fully saturated rings. The summed E-state index contributed by atoms with van der Waals surface area (Å²) in [6.07, 6.45) is 2.90. The van der Waals surface area contributed by atoms with Crippen molar-refractivity contribution in [2.45, 2.75) is 12.1 Å². The van der Waals surface area contributed by atoms with E-state index in [9.17, 15) is 14.4 Å². The summed E-state index contributed by atoms with van der Waals surface area (Å²) in [5.74, 6) is -0.615. The first-order valence-electron chi connectivity index (χ1n) is 5.87. The van der Waals surface area contributed by atoms with Crippen LogP contribution >= 0.6 is 15.9 Å². The van der Waals surface area contributed by atoms with E-state index in [1.54, 1.807) is 18.2 Å². The van der Waals surface area contributed by atoms with E-state index in [1.807, 2.05) is 0 Å². The van der Waals surface area contributed by atoms with E-state index in [4.69, 9.17) is 0 Å². The summed E-state index contributed by atoms with van der Waals surface area (Å²) < 4.78 is 0.681. The first-order chi connectivity index (χ1) is 9.51. The van der Waals surface area contributed by atoms with Crippen LogP contribution in [0.25, 0.3) is 0 Å². The van der Waals surface area contributed by atoms with Crippen molar-refractivity contribution in [3.8, 4) is 0 Å². The average Bonchev–Trinajstić information content (AvgIpc) is 2.99. The fourth-order valence-corrected chi connectivity index (χ4v) is 2.17. The van der Waals surface area contributed by atoms with Gasteiger partial charge in [0.1, 0.15) is 11.7 Å². The number of halogens is 1. The quantitative estimate of drug-likeness (QED) is 0.636. The van der Waals surface area contributed by atoms with Gasteiger partial charge in [-0.2, -0.15) is 0 Å². The molecule has 7 nitrogen and oxygen atoms in total. The van der Waals surface area contributed by atoms with Crippen molar-refractivity contribution < 1.29 is 14.4 Å². The summed E-state index contributed by atoms with van der Waals surface area (Å²) in [7, 11) is 1.45. The Morgan fingerprint density at radius 3 is 2.65 bits per heavy atom. The Labute approximate surface area is 123 Å². The molecule has 1 aliphatic rings. The number of nitrogens with one attached hydrogen (secondary N) is 4. The standard InChI is InChI=1S/C12H13BrN4O3/c1-14-12(20)17-10-6(2-4-8(10)18)16-11(19)7-3-5-9(13)15-7/h2-6,10,15H,1H3,(H,16,19)(H2,14,17,20)/t6-,10+/m1/s1. The third kappa shape index (κ3) is 3.08. The lowest BCUT2D eigenvalue weighted by Crippen LogP contribution is -2.53. The number of rotatable bonds is 3. The maximum atomic E-state index is 12.0. The highest BCUT2D eigenvalue weighted by Crippen LogP contribution is 2.11. The van der Waals surface area contributed by atoms with Gasteiger partial charge in [0.05, 0.1) is 10.6 Å². The maximum Gasteiger partial charge on any atom is 0.315 e. The normalized spacial score (nSPS) is 20.8. The monoisotopic (exact) mass is 340 g/mol. The minimum Gasteiger partial charge on any atom is -0.345 e. The molecule has 8 heteroatoms. The number of hydrogen-bond acceptors (Lipinski definition) is 3. The van der Waals surface area contributed by atoms with Crippen molar-refractivity contribution in [1.82, 2.24) is 20.9 Å². The Kier molecular flexibility index (Phi) is 4.23. The van der Waals surface area contributed by atoms with Gasteiger partial charge in [0, 0.05) is 7.05 Å². The Balaban J connectivity index is 2.04. The Morgan fingerprint density at radius 2 is 2.05 bits per heavy atom. The molecule has 106 valence electrons. The minimum atomic E-state index is -0.794. The highest BCUT2D eigenvalue weighted by molar-refractivity contribution is 9.10. The molecule has 0 spiro atoms. The second-order valence-electron chi connectivity index (χ2n) is 4.18. The first kappa shape index (κ1) is 14.3. The van der Waals surface area contributed by atoms with Gasteiger partial charge in [0.2, 0.25) is 0 Å². The highest BCUT2D eigenvalue weighted by Gasteiger charge is 2.32. The predicted molar refractivity (Wildman–Crippen MR) is 75.3 cm³/mol. The van der Waals surface area contributed by atoms with E-state index in [1.165, 1.54) is 13.1 Å². The van der Waals surface area contributed by atoms with Gasteiger partial charge < -0.3 is 20.9 Å². The molecule has 0 radical (unpaired) electrons. The van der Waals surface area contributed by atoms with Crippen LogP contribution in [0.4, 0.5) is 4.79 Å². The molecular weight excluding hydrogens is 328 g/mol. The van der Waals surface area contributed by atoms with Crippen LogP contribution in [0.2, 0.25) is 0 Å². The second-order valence-corrected chi connectivity index (χ2v) is 5.04. The van der Waals surface area contributed by atoms with Crippen LogP contribution in [0.3, 0.4) is 0 Å². The van der Waals surface area contributed by atoms with Crippen LogP contribution in [0.5, 0.6) is 0 Å². The summed E-state index contributed by atoms with van der Waals surface area (Å²) in [5, 5.41) is 7.54. The Hall–Kier alpha value is -2.09. The van der Waals surface area contributed by atoms with Crippen molar-refractivity contribution in [3.05, 3.63) is 34.6 Å². The largest absolute Gasteiger partial charge is 0.345 e.